The van der Waals surface area contributed by atoms with Crippen LogP contribution in [0.15, 0.2) is 29.1 Å². The van der Waals surface area contributed by atoms with Crippen molar-refractivity contribution in [1.29, 1.82) is 0 Å². The summed E-state index contributed by atoms with van der Waals surface area (Å²) in [4.78, 5) is 18.6. The molecule has 0 unspecified atom stereocenters. The summed E-state index contributed by atoms with van der Waals surface area (Å²) in [5.41, 5.74) is 0.200. The van der Waals surface area contributed by atoms with Crippen molar-refractivity contribution in [3.8, 4) is 17.0 Å². The number of halogens is 1. The largest absolute Gasteiger partial charge is 0.493 e. The molecule has 0 atom stereocenters. The molecule has 1 aromatic heterocycles. The van der Waals surface area contributed by atoms with E-state index in [-0.39, 0.29) is 18.1 Å². The Bertz CT molecular complexity index is 655. The molecule has 20 heavy (non-hydrogen) atoms. The zero-order chi connectivity index (χ0) is 14.5. The number of ether oxygens (including phenoxy) is 1. The first-order chi connectivity index (χ1) is 9.61. The molecule has 5 nitrogen and oxygen atoms in total. The second-order valence-electron chi connectivity index (χ2n) is 4.27. The van der Waals surface area contributed by atoms with Gasteiger partial charge < -0.3 is 14.8 Å². The third-order valence-electron chi connectivity index (χ3n) is 2.65. The topological polar surface area (TPSA) is 75.2 Å². The minimum atomic E-state index is -0.421. The minimum absolute atomic E-state index is 0.103. The van der Waals surface area contributed by atoms with Crippen molar-refractivity contribution in [2.75, 3.05) is 6.61 Å². The monoisotopic (exact) mass is 294 g/mol. The highest BCUT2D eigenvalue weighted by molar-refractivity contribution is 6.30. The van der Waals surface area contributed by atoms with Crippen LogP contribution in [-0.2, 0) is 11.3 Å². The molecule has 6 heteroatoms. The molecule has 2 N–H and O–H groups in total. The van der Waals surface area contributed by atoms with Gasteiger partial charge in [0.25, 0.3) is 5.56 Å². The first-order valence-corrected chi connectivity index (χ1v) is 6.65. The summed E-state index contributed by atoms with van der Waals surface area (Å²) in [7, 11) is 0. The molecular weight excluding hydrogens is 280 g/mol. The van der Waals surface area contributed by atoms with Crippen LogP contribution in [0.25, 0.3) is 11.1 Å². The van der Waals surface area contributed by atoms with Gasteiger partial charge in [-0.1, -0.05) is 30.7 Å². The molecule has 2 rings (SSSR count). The summed E-state index contributed by atoms with van der Waals surface area (Å²) < 4.78 is 5.28. The highest BCUT2D eigenvalue weighted by atomic mass is 35.5. The lowest BCUT2D eigenvalue weighted by atomic mass is 10.1. The number of aromatic amines is 1. The summed E-state index contributed by atoms with van der Waals surface area (Å²) >= 11 is 5.88. The number of hydrogen-bond donors (Lipinski definition) is 2. The van der Waals surface area contributed by atoms with Crippen molar-refractivity contribution in [3.05, 3.63) is 45.5 Å². The van der Waals surface area contributed by atoms with Gasteiger partial charge in [-0.05, 0) is 24.1 Å². The Balaban J connectivity index is 2.34. The third kappa shape index (κ3) is 3.37. The van der Waals surface area contributed by atoms with Gasteiger partial charge >= 0.3 is 0 Å². The van der Waals surface area contributed by atoms with Crippen LogP contribution in [0.4, 0.5) is 0 Å². The van der Waals surface area contributed by atoms with Crippen LogP contribution in [0.1, 0.15) is 19.2 Å². The van der Waals surface area contributed by atoms with E-state index in [0.717, 1.165) is 6.42 Å². The number of rotatable bonds is 5. The first kappa shape index (κ1) is 14.6. The van der Waals surface area contributed by atoms with Crippen LogP contribution in [0, 0.1) is 0 Å². The van der Waals surface area contributed by atoms with E-state index in [2.05, 4.69) is 9.97 Å². The van der Waals surface area contributed by atoms with E-state index in [1.165, 1.54) is 0 Å². The van der Waals surface area contributed by atoms with Gasteiger partial charge in [0.1, 0.15) is 18.0 Å². The molecule has 106 valence electrons. The second-order valence-corrected chi connectivity index (χ2v) is 4.71. The van der Waals surface area contributed by atoms with Crippen molar-refractivity contribution < 1.29 is 9.84 Å². The number of hydrogen-bond acceptors (Lipinski definition) is 4. The molecule has 1 aromatic carbocycles. The van der Waals surface area contributed by atoms with E-state index >= 15 is 0 Å². The molecule has 1 heterocycles. The number of H-pyrrole nitrogens is 1. The van der Waals surface area contributed by atoms with Gasteiger partial charge in [0.15, 0.2) is 0 Å². The van der Waals surface area contributed by atoms with Crippen LogP contribution in [0.3, 0.4) is 0 Å². The highest BCUT2D eigenvalue weighted by Gasteiger charge is 2.13. The fraction of sp³-hybridized carbons (Fsp3) is 0.286. The molecular formula is C14H15ClN2O3. The molecule has 0 saturated carbocycles. The Kier molecular flexibility index (Phi) is 4.76. The molecule has 0 aliphatic heterocycles. The van der Waals surface area contributed by atoms with E-state index in [0.29, 0.717) is 23.0 Å². The third-order valence-corrected chi connectivity index (χ3v) is 2.88. The summed E-state index contributed by atoms with van der Waals surface area (Å²) in [5.74, 6) is -0.0298. The van der Waals surface area contributed by atoms with Crippen LogP contribution in [0.2, 0.25) is 5.02 Å². The van der Waals surface area contributed by atoms with Crippen molar-refractivity contribution in [2.24, 2.45) is 0 Å². The lowest BCUT2D eigenvalue weighted by Gasteiger charge is -2.07. The SMILES string of the molecule is CCCOCc1nc(O)c(-c2cccc(Cl)c2)c(=O)[nH]1. The predicted octanol–water partition coefficient (Wildman–Crippen LogP) is 2.72. The Labute approximate surface area is 121 Å². The summed E-state index contributed by atoms with van der Waals surface area (Å²) in [6.07, 6.45) is 0.872. The van der Waals surface area contributed by atoms with Crippen LogP contribution >= 0.6 is 11.6 Å². The second kappa shape index (κ2) is 6.54. The van der Waals surface area contributed by atoms with E-state index in [9.17, 15) is 9.90 Å². The van der Waals surface area contributed by atoms with Gasteiger partial charge in [0.2, 0.25) is 5.88 Å². The zero-order valence-corrected chi connectivity index (χ0v) is 11.8. The van der Waals surface area contributed by atoms with E-state index < -0.39 is 5.56 Å². The Morgan fingerprint density at radius 2 is 2.25 bits per heavy atom. The number of nitrogens with one attached hydrogen (secondary N) is 1. The van der Waals surface area contributed by atoms with Gasteiger partial charge in [0.05, 0.1) is 0 Å². The number of aromatic hydroxyl groups is 1. The van der Waals surface area contributed by atoms with Crippen LogP contribution in [-0.4, -0.2) is 21.7 Å². The van der Waals surface area contributed by atoms with Crippen LogP contribution < -0.4 is 5.56 Å². The van der Waals surface area contributed by atoms with E-state index in [1.54, 1.807) is 24.3 Å². The molecule has 0 amide bonds. The number of aromatic nitrogens is 2. The molecule has 0 aliphatic rings. The lowest BCUT2D eigenvalue weighted by molar-refractivity contribution is 0.115. The maximum absolute atomic E-state index is 12.1. The molecule has 2 aromatic rings. The maximum atomic E-state index is 12.1. The molecule has 0 saturated heterocycles. The summed E-state index contributed by atoms with van der Waals surface area (Å²) in [6, 6.07) is 6.68. The fourth-order valence-corrected chi connectivity index (χ4v) is 1.98. The van der Waals surface area contributed by atoms with Crippen molar-refractivity contribution in [2.45, 2.75) is 20.0 Å². The quantitative estimate of drug-likeness (QED) is 0.832. The molecule has 0 radical (unpaired) electrons. The fourth-order valence-electron chi connectivity index (χ4n) is 1.79. The Morgan fingerprint density at radius 1 is 1.45 bits per heavy atom. The van der Waals surface area contributed by atoms with Gasteiger partial charge in [-0.25, -0.2) is 0 Å². The number of benzene rings is 1. The molecule has 0 bridgehead atoms. The zero-order valence-electron chi connectivity index (χ0n) is 11.0. The highest BCUT2D eigenvalue weighted by Crippen LogP contribution is 2.25. The van der Waals surface area contributed by atoms with Crippen molar-refractivity contribution >= 4 is 11.6 Å². The number of nitrogens with zero attached hydrogens (tertiary/aromatic N) is 1. The van der Waals surface area contributed by atoms with Gasteiger partial charge in [-0.3, -0.25) is 4.79 Å². The molecule has 0 fully saturated rings. The van der Waals surface area contributed by atoms with Gasteiger partial charge in [-0.15, -0.1) is 0 Å². The van der Waals surface area contributed by atoms with E-state index in [4.69, 9.17) is 16.3 Å². The predicted molar refractivity (Wildman–Crippen MR) is 76.9 cm³/mol. The van der Waals surface area contributed by atoms with Gasteiger partial charge in [-0.2, -0.15) is 4.98 Å². The van der Waals surface area contributed by atoms with Crippen molar-refractivity contribution in [1.82, 2.24) is 9.97 Å². The molecule has 0 aliphatic carbocycles. The normalized spacial score (nSPS) is 10.7. The van der Waals surface area contributed by atoms with Crippen LogP contribution in [0.5, 0.6) is 5.88 Å². The Morgan fingerprint density at radius 3 is 2.90 bits per heavy atom. The smallest absolute Gasteiger partial charge is 0.262 e. The van der Waals surface area contributed by atoms with E-state index in [1.807, 2.05) is 6.92 Å². The van der Waals surface area contributed by atoms with Gasteiger partial charge in [0, 0.05) is 11.6 Å². The standard InChI is InChI=1S/C14H15ClN2O3/c1-2-6-20-8-11-16-13(18)12(14(19)17-11)9-4-3-5-10(15)7-9/h3-5,7H,2,6,8H2,1H3,(H2,16,17,18,19). The summed E-state index contributed by atoms with van der Waals surface area (Å²) in [6.45, 7) is 2.71. The molecule has 0 spiro atoms. The first-order valence-electron chi connectivity index (χ1n) is 6.27. The van der Waals surface area contributed by atoms with Crippen molar-refractivity contribution in [3.63, 3.8) is 0 Å². The summed E-state index contributed by atoms with van der Waals surface area (Å²) in [5, 5.41) is 10.4. The maximum Gasteiger partial charge on any atom is 0.262 e. The average molecular weight is 295 g/mol. The minimum Gasteiger partial charge on any atom is -0.493 e. The lowest BCUT2D eigenvalue weighted by Crippen LogP contribution is -2.15. The average Bonchev–Trinajstić information content (AvgIpc) is 2.38. The Hall–Kier alpha value is -1.85.